The van der Waals surface area contributed by atoms with E-state index in [2.05, 4.69) is 22.2 Å². The number of imidazole rings is 1. The van der Waals surface area contributed by atoms with Gasteiger partial charge in [-0.2, -0.15) is 0 Å². The van der Waals surface area contributed by atoms with Crippen molar-refractivity contribution in [3.8, 4) is 0 Å². The smallest absolute Gasteiger partial charge is 0.154 e. The molecule has 1 atom stereocenters. The van der Waals surface area contributed by atoms with Crippen LogP contribution >= 0.6 is 0 Å². The molecule has 92 valence electrons. The number of methoxy groups -OCH3 is 1. The molecule has 0 bridgehead atoms. The lowest BCUT2D eigenvalue weighted by molar-refractivity contribution is 0.164. The lowest BCUT2D eigenvalue weighted by Gasteiger charge is -2.12. The van der Waals surface area contributed by atoms with E-state index in [4.69, 9.17) is 4.74 Å². The Morgan fingerprint density at radius 3 is 3.06 bits per heavy atom. The molecule has 0 aliphatic rings. The minimum atomic E-state index is 0.445. The van der Waals surface area contributed by atoms with Crippen molar-refractivity contribution in [3.63, 3.8) is 0 Å². The number of aromatic nitrogens is 3. The van der Waals surface area contributed by atoms with Crippen LogP contribution in [0, 0.1) is 5.92 Å². The average Bonchev–Trinajstić information content (AvgIpc) is 2.70. The number of nitrogens with zero attached hydrogens (tertiary/aromatic N) is 3. The molecule has 2 aromatic rings. The summed E-state index contributed by atoms with van der Waals surface area (Å²) >= 11 is 0. The van der Waals surface area contributed by atoms with Crippen LogP contribution in [0.5, 0.6) is 0 Å². The molecule has 0 aromatic carbocycles. The van der Waals surface area contributed by atoms with Crippen LogP contribution in [0.2, 0.25) is 0 Å². The predicted octanol–water partition coefficient (Wildman–Crippen LogP) is 1.66. The van der Waals surface area contributed by atoms with E-state index in [0.717, 1.165) is 30.0 Å². The van der Waals surface area contributed by atoms with Gasteiger partial charge in [-0.15, -0.1) is 0 Å². The molecule has 2 aromatic heterocycles. The van der Waals surface area contributed by atoms with Crippen molar-refractivity contribution >= 4 is 16.9 Å². The van der Waals surface area contributed by atoms with Crippen LogP contribution in [0.1, 0.15) is 6.92 Å². The Morgan fingerprint density at radius 2 is 2.29 bits per heavy atom. The van der Waals surface area contributed by atoms with Gasteiger partial charge in [0.15, 0.2) is 5.82 Å². The van der Waals surface area contributed by atoms with Crippen molar-refractivity contribution in [2.24, 2.45) is 13.0 Å². The number of aryl methyl sites for hydroxylation is 1. The molecular weight excluding hydrogens is 216 g/mol. The Bertz CT molecular complexity index is 494. The molecule has 5 nitrogen and oxygen atoms in total. The van der Waals surface area contributed by atoms with E-state index in [1.807, 2.05) is 17.7 Å². The summed E-state index contributed by atoms with van der Waals surface area (Å²) in [6.07, 6.45) is 3.60. The molecule has 0 saturated carbocycles. The first kappa shape index (κ1) is 11.9. The zero-order valence-electron chi connectivity index (χ0n) is 10.5. The molecule has 0 amide bonds. The van der Waals surface area contributed by atoms with Crippen molar-refractivity contribution in [2.75, 3.05) is 25.6 Å². The van der Waals surface area contributed by atoms with E-state index < -0.39 is 0 Å². The molecule has 2 heterocycles. The maximum Gasteiger partial charge on any atom is 0.154 e. The first-order valence-electron chi connectivity index (χ1n) is 5.71. The Morgan fingerprint density at radius 1 is 1.47 bits per heavy atom. The van der Waals surface area contributed by atoms with Crippen molar-refractivity contribution in [2.45, 2.75) is 6.92 Å². The second-order valence-electron chi connectivity index (χ2n) is 4.32. The predicted molar refractivity (Wildman–Crippen MR) is 68.0 cm³/mol. The number of hydrogen-bond acceptors (Lipinski definition) is 4. The molecule has 17 heavy (non-hydrogen) atoms. The van der Waals surface area contributed by atoms with Crippen LogP contribution in [0.15, 0.2) is 18.6 Å². The van der Waals surface area contributed by atoms with Gasteiger partial charge in [0.2, 0.25) is 0 Å². The first-order chi connectivity index (χ1) is 8.22. The molecule has 0 aliphatic carbocycles. The van der Waals surface area contributed by atoms with E-state index >= 15 is 0 Å². The van der Waals surface area contributed by atoms with Crippen LogP contribution in [0.25, 0.3) is 11.0 Å². The number of ether oxygens (including phenoxy) is 1. The molecule has 0 spiro atoms. The van der Waals surface area contributed by atoms with Crippen LogP contribution in [-0.2, 0) is 11.8 Å². The topological polar surface area (TPSA) is 52.0 Å². The Labute approximate surface area is 101 Å². The largest absolute Gasteiger partial charge is 0.384 e. The maximum absolute atomic E-state index is 5.10. The van der Waals surface area contributed by atoms with E-state index in [9.17, 15) is 0 Å². The molecule has 2 rings (SSSR count). The molecule has 1 unspecified atom stereocenters. The summed E-state index contributed by atoms with van der Waals surface area (Å²) in [5, 5.41) is 3.32. The number of hydrogen-bond donors (Lipinski definition) is 1. The normalized spacial score (nSPS) is 12.9. The highest BCUT2D eigenvalue weighted by atomic mass is 16.5. The average molecular weight is 234 g/mol. The van der Waals surface area contributed by atoms with Gasteiger partial charge in [0.25, 0.3) is 0 Å². The van der Waals surface area contributed by atoms with Crippen LogP contribution in [0.3, 0.4) is 0 Å². The van der Waals surface area contributed by atoms with Gasteiger partial charge in [0.05, 0.1) is 18.5 Å². The Balaban J connectivity index is 2.13. The highest BCUT2D eigenvalue weighted by Crippen LogP contribution is 2.18. The number of pyridine rings is 1. The quantitative estimate of drug-likeness (QED) is 0.855. The number of anilines is 1. The van der Waals surface area contributed by atoms with Crippen LogP contribution < -0.4 is 5.32 Å². The summed E-state index contributed by atoms with van der Waals surface area (Å²) in [5.74, 6) is 1.28. The van der Waals surface area contributed by atoms with Gasteiger partial charge in [-0.3, -0.25) is 0 Å². The monoisotopic (exact) mass is 234 g/mol. The highest BCUT2D eigenvalue weighted by molar-refractivity contribution is 5.85. The van der Waals surface area contributed by atoms with E-state index in [0.29, 0.717) is 5.92 Å². The highest BCUT2D eigenvalue weighted by Gasteiger charge is 2.07. The Hall–Kier alpha value is -1.62. The molecule has 0 aliphatic heterocycles. The summed E-state index contributed by atoms with van der Waals surface area (Å²) in [7, 11) is 3.70. The number of rotatable bonds is 5. The minimum Gasteiger partial charge on any atom is -0.384 e. The fraction of sp³-hybridized carbons (Fsp3) is 0.500. The van der Waals surface area contributed by atoms with E-state index in [1.165, 1.54) is 0 Å². The first-order valence-corrected chi connectivity index (χ1v) is 5.71. The standard InChI is InChI=1S/C12H18N4O/c1-9(7-17-3)6-14-12-11-10(4-5-13-12)16(2)8-15-11/h4-5,8-9H,6-7H2,1-3H3,(H,13,14). The zero-order chi connectivity index (χ0) is 12.3. The zero-order valence-corrected chi connectivity index (χ0v) is 10.5. The third-order valence-electron chi connectivity index (χ3n) is 2.71. The van der Waals surface area contributed by atoms with Gasteiger partial charge in [-0.1, -0.05) is 6.92 Å². The lowest BCUT2D eigenvalue weighted by Crippen LogP contribution is -2.16. The summed E-state index contributed by atoms with van der Waals surface area (Å²) in [6.45, 7) is 3.71. The fourth-order valence-electron chi connectivity index (χ4n) is 1.81. The van der Waals surface area contributed by atoms with E-state index in [-0.39, 0.29) is 0 Å². The van der Waals surface area contributed by atoms with Gasteiger partial charge >= 0.3 is 0 Å². The number of fused-ring (bicyclic) bond motifs is 1. The fourth-order valence-corrected chi connectivity index (χ4v) is 1.81. The summed E-state index contributed by atoms with van der Waals surface area (Å²) in [6, 6.07) is 1.96. The third-order valence-corrected chi connectivity index (χ3v) is 2.71. The summed E-state index contributed by atoms with van der Waals surface area (Å²) in [5.41, 5.74) is 2.00. The molecule has 0 radical (unpaired) electrons. The molecule has 1 N–H and O–H groups in total. The summed E-state index contributed by atoms with van der Waals surface area (Å²) < 4.78 is 7.09. The van der Waals surface area contributed by atoms with Gasteiger partial charge < -0.3 is 14.6 Å². The second-order valence-corrected chi connectivity index (χ2v) is 4.32. The SMILES string of the molecule is COCC(C)CNc1nccc2c1ncn2C. The number of nitrogens with one attached hydrogen (secondary N) is 1. The van der Waals surface area contributed by atoms with Gasteiger partial charge in [-0.25, -0.2) is 9.97 Å². The minimum absolute atomic E-state index is 0.445. The molecule has 5 heteroatoms. The maximum atomic E-state index is 5.10. The van der Waals surface area contributed by atoms with Gasteiger partial charge in [0, 0.05) is 26.9 Å². The van der Waals surface area contributed by atoms with Crippen molar-refractivity contribution in [3.05, 3.63) is 18.6 Å². The van der Waals surface area contributed by atoms with Crippen molar-refractivity contribution < 1.29 is 4.74 Å². The molecule has 0 saturated heterocycles. The Kier molecular flexibility index (Phi) is 3.58. The molecule has 0 fully saturated rings. The van der Waals surface area contributed by atoms with Crippen molar-refractivity contribution in [1.29, 1.82) is 0 Å². The van der Waals surface area contributed by atoms with Crippen LogP contribution in [-0.4, -0.2) is 34.8 Å². The lowest BCUT2D eigenvalue weighted by atomic mass is 10.2. The summed E-state index contributed by atoms with van der Waals surface area (Å²) in [4.78, 5) is 8.67. The third kappa shape index (κ3) is 2.55. The van der Waals surface area contributed by atoms with Gasteiger partial charge in [0.1, 0.15) is 5.52 Å². The van der Waals surface area contributed by atoms with Crippen LogP contribution in [0.4, 0.5) is 5.82 Å². The van der Waals surface area contributed by atoms with Crippen molar-refractivity contribution in [1.82, 2.24) is 14.5 Å². The second kappa shape index (κ2) is 5.14. The van der Waals surface area contributed by atoms with E-state index in [1.54, 1.807) is 19.6 Å². The van der Waals surface area contributed by atoms with Gasteiger partial charge in [-0.05, 0) is 12.0 Å². The molecular formula is C12H18N4O.